The Morgan fingerprint density at radius 1 is 0.960 bits per heavy atom. The number of urea groups is 1. The van der Waals surface area contributed by atoms with E-state index in [-0.39, 0.29) is 10.8 Å². The van der Waals surface area contributed by atoms with Gasteiger partial charge in [-0.1, -0.05) is 30.3 Å². The molecule has 0 bridgehead atoms. The lowest BCUT2D eigenvalue weighted by molar-refractivity contribution is 0.0954. The number of nitrogens with one attached hydrogen (secondary N) is 3. The van der Waals surface area contributed by atoms with Crippen LogP contribution in [0.2, 0.25) is 0 Å². The normalized spacial score (nSPS) is 10.8. The Morgan fingerprint density at radius 3 is 2.20 bits per heavy atom. The van der Waals surface area contributed by atoms with Crippen LogP contribution in [0.15, 0.2) is 59.5 Å². The Balaban J connectivity index is 1.90. The van der Waals surface area contributed by atoms with E-state index in [9.17, 15) is 18.0 Å². The highest BCUT2D eigenvalue weighted by atomic mass is 32.2. The summed E-state index contributed by atoms with van der Waals surface area (Å²) < 4.78 is 25.8. The van der Waals surface area contributed by atoms with Crippen molar-refractivity contribution >= 4 is 22.0 Å². The van der Waals surface area contributed by atoms with E-state index < -0.39 is 16.1 Å². The number of rotatable bonds is 6. The second kappa shape index (κ2) is 8.29. The molecule has 0 fully saturated rings. The molecule has 0 aliphatic rings. The molecule has 3 amide bonds. The van der Waals surface area contributed by atoms with Crippen LogP contribution in [0.4, 0.5) is 4.79 Å². The maximum absolute atomic E-state index is 11.9. The largest absolute Gasteiger partial charge is 0.352 e. The number of benzene rings is 2. The Morgan fingerprint density at radius 2 is 1.60 bits per heavy atom. The number of carbonyl (C=O) groups excluding carboxylic acids is 2. The Kier molecular flexibility index (Phi) is 6.13. The summed E-state index contributed by atoms with van der Waals surface area (Å²) in [7, 11) is -2.56. The molecule has 132 valence electrons. The molecule has 0 saturated carbocycles. The van der Waals surface area contributed by atoms with E-state index in [0.717, 1.165) is 5.56 Å². The smallest absolute Gasteiger partial charge is 0.328 e. The highest BCUT2D eigenvalue weighted by Crippen LogP contribution is 2.11. The van der Waals surface area contributed by atoms with Gasteiger partial charge in [-0.15, -0.1) is 0 Å². The lowest BCUT2D eigenvalue weighted by Gasteiger charge is -2.08. The first-order valence-corrected chi connectivity index (χ1v) is 9.07. The van der Waals surface area contributed by atoms with Crippen LogP contribution in [-0.4, -0.2) is 33.9 Å². The molecule has 3 N–H and O–H groups in total. The van der Waals surface area contributed by atoms with Crippen molar-refractivity contribution in [2.75, 3.05) is 13.6 Å². The molecule has 0 aromatic heterocycles. The first-order chi connectivity index (χ1) is 11.9. The number of sulfonamides is 1. The molecule has 0 heterocycles. The molecule has 0 aliphatic carbocycles. The van der Waals surface area contributed by atoms with Crippen molar-refractivity contribution in [1.82, 2.24) is 15.4 Å². The second-order valence-corrected chi connectivity index (χ2v) is 6.88. The number of hydrogen-bond acceptors (Lipinski definition) is 4. The van der Waals surface area contributed by atoms with Gasteiger partial charge in [0.2, 0.25) is 0 Å². The number of amides is 3. The van der Waals surface area contributed by atoms with Crippen LogP contribution in [0.5, 0.6) is 0 Å². The SMILES string of the molecule is CNC(=O)NS(=O)(=O)c1ccc(CCNC(=O)c2ccccc2)cc1. The lowest BCUT2D eigenvalue weighted by atomic mass is 10.1. The molecule has 0 atom stereocenters. The van der Waals surface area contributed by atoms with E-state index in [1.807, 2.05) is 10.8 Å². The summed E-state index contributed by atoms with van der Waals surface area (Å²) >= 11 is 0. The van der Waals surface area contributed by atoms with E-state index in [2.05, 4.69) is 10.6 Å². The quantitative estimate of drug-likeness (QED) is 0.721. The summed E-state index contributed by atoms with van der Waals surface area (Å²) in [6.45, 7) is 0.427. The maximum Gasteiger partial charge on any atom is 0.328 e. The minimum Gasteiger partial charge on any atom is -0.352 e. The van der Waals surface area contributed by atoms with Gasteiger partial charge in [0.25, 0.3) is 15.9 Å². The summed E-state index contributed by atoms with van der Waals surface area (Å²) in [4.78, 5) is 23.1. The summed E-state index contributed by atoms with van der Waals surface area (Å²) in [5, 5.41) is 4.99. The Labute approximate surface area is 146 Å². The third-order valence-electron chi connectivity index (χ3n) is 3.42. The van der Waals surface area contributed by atoms with E-state index in [4.69, 9.17) is 0 Å². The van der Waals surface area contributed by atoms with E-state index >= 15 is 0 Å². The van der Waals surface area contributed by atoms with Crippen molar-refractivity contribution in [3.8, 4) is 0 Å². The first kappa shape index (κ1) is 18.5. The molecule has 7 nitrogen and oxygen atoms in total. The summed E-state index contributed by atoms with van der Waals surface area (Å²) in [6.07, 6.45) is 0.557. The molecule has 8 heteroatoms. The Bertz CT molecular complexity index is 834. The van der Waals surface area contributed by atoms with Crippen molar-refractivity contribution in [1.29, 1.82) is 0 Å². The van der Waals surface area contributed by atoms with Crippen molar-refractivity contribution in [3.63, 3.8) is 0 Å². The number of hydrogen-bond donors (Lipinski definition) is 3. The molecule has 2 aromatic rings. The van der Waals surface area contributed by atoms with Gasteiger partial charge in [-0.2, -0.15) is 0 Å². The van der Waals surface area contributed by atoms with Crippen molar-refractivity contribution < 1.29 is 18.0 Å². The van der Waals surface area contributed by atoms with Crippen LogP contribution >= 0.6 is 0 Å². The van der Waals surface area contributed by atoms with Gasteiger partial charge in [0.15, 0.2) is 0 Å². The van der Waals surface area contributed by atoms with Gasteiger partial charge in [0.05, 0.1) is 4.90 Å². The lowest BCUT2D eigenvalue weighted by Crippen LogP contribution is -2.37. The van der Waals surface area contributed by atoms with Crippen LogP contribution < -0.4 is 15.4 Å². The molecule has 0 radical (unpaired) electrons. The highest BCUT2D eigenvalue weighted by molar-refractivity contribution is 7.90. The fourth-order valence-electron chi connectivity index (χ4n) is 2.08. The standard InChI is InChI=1S/C17H19N3O4S/c1-18-17(22)20-25(23,24)15-9-7-13(8-10-15)11-12-19-16(21)14-5-3-2-4-6-14/h2-10H,11-12H2,1H3,(H,19,21)(H2,18,20,22). The van der Waals surface area contributed by atoms with Crippen molar-refractivity contribution in [3.05, 3.63) is 65.7 Å². The summed E-state index contributed by atoms with van der Waals surface area (Å²) in [6, 6.07) is 14.2. The zero-order chi connectivity index (χ0) is 18.3. The molecule has 0 aliphatic heterocycles. The van der Waals surface area contributed by atoms with Crippen LogP contribution in [0.25, 0.3) is 0 Å². The third-order valence-corrected chi connectivity index (χ3v) is 4.77. The van der Waals surface area contributed by atoms with Crippen LogP contribution in [0.1, 0.15) is 15.9 Å². The highest BCUT2D eigenvalue weighted by Gasteiger charge is 2.16. The van der Waals surface area contributed by atoms with Crippen LogP contribution in [0.3, 0.4) is 0 Å². The molecule has 2 rings (SSSR count). The molecule has 25 heavy (non-hydrogen) atoms. The second-order valence-electron chi connectivity index (χ2n) is 5.20. The average molecular weight is 361 g/mol. The van der Waals surface area contributed by atoms with Gasteiger partial charge in [0, 0.05) is 19.2 Å². The van der Waals surface area contributed by atoms with E-state index in [1.54, 1.807) is 36.4 Å². The van der Waals surface area contributed by atoms with Gasteiger partial charge in [-0.05, 0) is 36.2 Å². The van der Waals surface area contributed by atoms with Crippen LogP contribution in [-0.2, 0) is 16.4 Å². The van der Waals surface area contributed by atoms with Crippen molar-refractivity contribution in [2.24, 2.45) is 0 Å². The molecular weight excluding hydrogens is 342 g/mol. The van der Waals surface area contributed by atoms with Gasteiger partial charge >= 0.3 is 6.03 Å². The van der Waals surface area contributed by atoms with Crippen LogP contribution in [0, 0.1) is 0 Å². The summed E-state index contributed by atoms with van der Waals surface area (Å²) in [5.74, 6) is -0.158. The minimum atomic E-state index is -3.89. The molecule has 0 saturated heterocycles. The average Bonchev–Trinajstić information content (AvgIpc) is 2.62. The minimum absolute atomic E-state index is 0.00632. The maximum atomic E-state index is 11.9. The van der Waals surface area contributed by atoms with E-state index in [0.29, 0.717) is 18.5 Å². The van der Waals surface area contributed by atoms with Gasteiger partial charge in [0.1, 0.15) is 0 Å². The Hall–Kier alpha value is -2.87. The predicted octanol–water partition coefficient (Wildman–Crippen LogP) is 1.28. The fraction of sp³-hybridized carbons (Fsp3) is 0.176. The van der Waals surface area contributed by atoms with Crippen molar-refractivity contribution in [2.45, 2.75) is 11.3 Å². The number of carbonyl (C=O) groups is 2. The van der Waals surface area contributed by atoms with Gasteiger partial charge in [-0.25, -0.2) is 17.9 Å². The van der Waals surface area contributed by atoms with Gasteiger partial charge in [-0.3, -0.25) is 4.79 Å². The first-order valence-electron chi connectivity index (χ1n) is 7.59. The van der Waals surface area contributed by atoms with Gasteiger partial charge < -0.3 is 10.6 Å². The third kappa shape index (κ3) is 5.32. The zero-order valence-corrected chi connectivity index (χ0v) is 14.5. The fourth-order valence-corrected chi connectivity index (χ4v) is 3.04. The van der Waals surface area contributed by atoms with E-state index in [1.165, 1.54) is 19.2 Å². The predicted molar refractivity (Wildman–Crippen MR) is 93.7 cm³/mol. The molecule has 2 aromatic carbocycles. The summed E-state index contributed by atoms with van der Waals surface area (Å²) in [5.41, 5.74) is 1.46. The zero-order valence-electron chi connectivity index (χ0n) is 13.7. The molecular formula is C17H19N3O4S. The molecule has 0 spiro atoms. The monoisotopic (exact) mass is 361 g/mol. The topological polar surface area (TPSA) is 104 Å². The molecule has 0 unspecified atom stereocenters.